The molecule has 2 aromatic rings. The first-order valence-electron chi connectivity index (χ1n) is 9.85. The standard InChI is InChI=1S/C19H22Cl2N4O4S2/c20-13-2-1-3-14(21)15(13)16(26)17-18(22)24-19(30-17)23-10-4-6-11(7-5-10)25-31(27,28)12-8-29-9-12/h1-3,10-12,25H,4-9,22H2,(H,23,24)/t10-,11-. The highest BCUT2D eigenvalue weighted by molar-refractivity contribution is 7.90. The van der Waals surface area contributed by atoms with Gasteiger partial charge < -0.3 is 15.8 Å². The maximum atomic E-state index is 12.9. The molecule has 4 N–H and O–H groups in total. The van der Waals surface area contributed by atoms with Crippen molar-refractivity contribution in [1.82, 2.24) is 9.71 Å². The van der Waals surface area contributed by atoms with Crippen LogP contribution in [0.3, 0.4) is 0 Å². The Morgan fingerprint density at radius 1 is 1.13 bits per heavy atom. The normalized spacial score (nSPS) is 22.1. The van der Waals surface area contributed by atoms with Crippen molar-refractivity contribution >= 4 is 61.3 Å². The fraction of sp³-hybridized carbons (Fsp3) is 0.474. The number of aromatic nitrogens is 1. The summed E-state index contributed by atoms with van der Waals surface area (Å²) in [5.41, 5.74) is 6.19. The van der Waals surface area contributed by atoms with Crippen LogP contribution in [0.15, 0.2) is 18.2 Å². The van der Waals surface area contributed by atoms with Crippen molar-refractivity contribution in [3.63, 3.8) is 0 Å². The number of ether oxygens (including phenoxy) is 1. The van der Waals surface area contributed by atoms with Gasteiger partial charge in [0.15, 0.2) is 5.13 Å². The molecule has 4 rings (SSSR count). The van der Waals surface area contributed by atoms with E-state index in [1.807, 2.05) is 0 Å². The molecule has 1 aliphatic carbocycles. The Labute approximate surface area is 194 Å². The van der Waals surface area contributed by atoms with Crippen molar-refractivity contribution < 1.29 is 17.9 Å². The number of halogens is 2. The molecule has 12 heteroatoms. The summed E-state index contributed by atoms with van der Waals surface area (Å²) in [7, 11) is -3.33. The molecule has 2 heterocycles. The lowest BCUT2D eigenvalue weighted by Gasteiger charge is -2.32. The van der Waals surface area contributed by atoms with E-state index in [1.165, 1.54) is 0 Å². The molecule has 0 unspecified atom stereocenters. The van der Waals surface area contributed by atoms with Gasteiger partial charge in [0, 0.05) is 12.1 Å². The van der Waals surface area contributed by atoms with Gasteiger partial charge in [-0.3, -0.25) is 4.79 Å². The Balaban J connectivity index is 1.36. The van der Waals surface area contributed by atoms with Crippen LogP contribution in [-0.2, 0) is 14.8 Å². The van der Waals surface area contributed by atoms with E-state index >= 15 is 0 Å². The zero-order chi connectivity index (χ0) is 22.2. The number of ketones is 1. The molecule has 2 aliphatic rings. The number of benzene rings is 1. The summed E-state index contributed by atoms with van der Waals surface area (Å²) in [4.78, 5) is 17.5. The highest BCUT2D eigenvalue weighted by Crippen LogP contribution is 2.34. The van der Waals surface area contributed by atoms with E-state index in [2.05, 4.69) is 15.0 Å². The van der Waals surface area contributed by atoms with Crippen LogP contribution in [0.1, 0.15) is 40.9 Å². The highest BCUT2D eigenvalue weighted by atomic mass is 35.5. The van der Waals surface area contributed by atoms with Crippen LogP contribution in [0.25, 0.3) is 0 Å². The number of sulfonamides is 1. The van der Waals surface area contributed by atoms with Crippen LogP contribution in [-0.4, -0.2) is 49.7 Å². The average molecular weight is 505 g/mol. The van der Waals surface area contributed by atoms with Crippen LogP contribution in [0.5, 0.6) is 0 Å². The zero-order valence-corrected chi connectivity index (χ0v) is 19.6. The largest absolute Gasteiger partial charge is 0.382 e. The first kappa shape index (κ1) is 22.8. The van der Waals surface area contributed by atoms with Crippen LogP contribution in [0, 0.1) is 0 Å². The Morgan fingerprint density at radius 3 is 2.32 bits per heavy atom. The van der Waals surface area contributed by atoms with E-state index < -0.39 is 15.3 Å². The predicted molar refractivity (Wildman–Crippen MR) is 123 cm³/mol. The number of nitrogen functional groups attached to an aromatic ring is 1. The number of anilines is 2. The van der Waals surface area contributed by atoms with Gasteiger partial charge in [-0.25, -0.2) is 18.1 Å². The lowest BCUT2D eigenvalue weighted by atomic mass is 9.92. The van der Waals surface area contributed by atoms with Crippen LogP contribution in [0.4, 0.5) is 10.9 Å². The lowest BCUT2D eigenvalue weighted by molar-refractivity contribution is 0.0409. The summed E-state index contributed by atoms with van der Waals surface area (Å²) in [5, 5.41) is 3.94. The molecule has 0 amide bonds. The smallest absolute Gasteiger partial charge is 0.219 e. The molecule has 8 nitrogen and oxygen atoms in total. The average Bonchev–Trinajstić information content (AvgIpc) is 3.01. The van der Waals surface area contributed by atoms with Gasteiger partial charge >= 0.3 is 0 Å². The number of nitrogens with zero attached hydrogens (tertiary/aromatic N) is 1. The molecule has 1 aromatic heterocycles. The van der Waals surface area contributed by atoms with Gasteiger partial charge in [0.2, 0.25) is 15.8 Å². The first-order valence-corrected chi connectivity index (χ1v) is 13.0. The predicted octanol–water partition coefficient (Wildman–Crippen LogP) is 3.30. The van der Waals surface area contributed by atoms with Crippen molar-refractivity contribution in [2.24, 2.45) is 0 Å². The number of carbonyl (C=O) groups is 1. The summed E-state index contributed by atoms with van der Waals surface area (Å²) < 4.78 is 32.3. The molecular weight excluding hydrogens is 483 g/mol. The number of thiazole rings is 1. The first-order chi connectivity index (χ1) is 14.7. The number of hydrogen-bond donors (Lipinski definition) is 3. The number of hydrogen-bond acceptors (Lipinski definition) is 8. The quantitative estimate of drug-likeness (QED) is 0.494. The Hall–Kier alpha value is -1.43. The van der Waals surface area contributed by atoms with Crippen molar-refractivity contribution in [1.29, 1.82) is 0 Å². The van der Waals surface area contributed by atoms with Crippen molar-refractivity contribution in [2.75, 3.05) is 24.3 Å². The number of rotatable bonds is 7. The molecule has 1 aliphatic heterocycles. The van der Waals surface area contributed by atoms with Gasteiger partial charge in [0.25, 0.3) is 0 Å². The van der Waals surface area contributed by atoms with Gasteiger partial charge in [-0.2, -0.15) is 0 Å². The molecule has 1 saturated heterocycles. The molecule has 1 saturated carbocycles. The topological polar surface area (TPSA) is 123 Å². The summed E-state index contributed by atoms with van der Waals surface area (Å²) in [6.45, 7) is 0.524. The minimum atomic E-state index is -3.33. The third-order valence-corrected chi connectivity index (χ3v) is 8.92. The molecule has 2 fully saturated rings. The molecule has 0 spiro atoms. The second kappa shape index (κ2) is 9.21. The molecule has 168 valence electrons. The van der Waals surface area contributed by atoms with Gasteiger partial charge in [-0.05, 0) is 37.8 Å². The van der Waals surface area contributed by atoms with Gasteiger partial charge in [-0.1, -0.05) is 40.6 Å². The Bertz CT molecular complexity index is 1060. The molecular formula is C19H22Cl2N4O4S2. The monoisotopic (exact) mass is 504 g/mol. The second-order valence-electron chi connectivity index (χ2n) is 7.67. The SMILES string of the molecule is Nc1nc(N[C@H]2CC[C@H](NS(=O)(=O)C3COC3)CC2)sc1C(=O)c1c(Cl)cccc1Cl. The van der Waals surface area contributed by atoms with E-state index in [0.717, 1.165) is 24.2 Å². The summed E-state index contributed by atoms with van der Waals surface area (Å²) in [6.07, 6.45) is 2.97. The summed E-state index contributed by atoms with van der Waals surface area (Å²) >= 11 is 13.5. The van der Waals surface area contributed by atoms with E-state index in [-0.39, 0.29) is 57.4 Å². The third-order valence-electron chi connectivity index (χ3n) is 5.48. The number of nitrogens with two attached hydrogens (primary N) is 1. The van der Waals surface area contributed by atoms with E-state index in [4.69, 9.17) is 33.7 Å². The maximum absolute atomic E-state index is 12.9. The highest BCUT2D eigenvalue weighted by Gasteiger charge is 2.35. The van der Waals surface area contributed by atoms with Crippen molar-refractivity contribution in [2.45, 2.75) is 43.0 Å². The summed E-state index contributed by atoms with van der Waals surface area (Å²) in [5.74, 6) is -0.241. The van der Waals surface area contributed by atoms with Crippen molar-refractivity contribution in [3.05, 3.63) is 38.7 Å². The van der Waals surface area contributed by atoms with Crippen LogP contribution in [0.2, 0.25) is 10.0 Å². The molecule has 0 bridgehead atoms. The minimum Gasteiger partial charge on any atom is -0.382 e. The Morgan fingerprint density at radius 2 is 1.74 bits per heavy atom. The lowest BCUT2D eigenvalue weighted by Crippen LogP contribution is -2.50. The van der Waals surface area contributed by atoms with E-state index in [1.54, 1.807) is 18.2 Å². The number of carbonyl (C=O) groups excluding carboxylic acids is 1. The molecule has 0 atom stereocenters. The number of nitrogens with one attached hydrogen (secondary N) is 2. The van der Waals surface area contributed by atoms with Gasteiger partial charge in [0.05, 0.1) is 28.8 Å². The summed E-state index contributed by atoms with van der Waals surface area (Å²) in [6, 6.07) is 4.90. The fourth-order valence-electron chi connectivity index (χ4n) is 3.64. The van der Waals surface area contributed by atoms with E-state index in [9.17, 15) is 13.2 Å². The van der Waals surface area contributed by atoms with Gasteiger partial charge in [0.1, 0.15) is 15.9 Å². The fourth-order valence-corrected chi connectivity index (χ4v) is 6.56. The molecule has 0 radical (unpaired) electrons. The van der Waals surface area contributed by atoms with Crippen molar-refractivity contribution in [3.8, 4) is 0 Å². The Kier molecular flexibility index (Phi) is 6.76. The zero-order valence-electron chi connectivity index (χ0n) is 16.4. The van der Waals surface area contributed by atoms with Crippen LogP contribution < -0.4 is 15.8 Å². The minimum absolute atomic E-state index is 0.0792. The molecule has 1 aromatic carbocycles. The van der Waals surface area contributed by atoms with Gasteiger partial charge in [-0.15, -0.1) is 0 Å². The molecule has 31 heavy (non-hydrogen) atoms. The van der Waals surface area contributed by atoms with E-state index in [0.29, 0.717) is 18.0 Å². The van der Waals surface area contributed by atoms with Crippen LogP contribution >= 0.6 is 34.5 Å². The third kappa shape index (κ3) is 4.99. The second-order valence-corrected chi connectivity index (χ2v) is 11.5. The maximum Gasteiger partial charge on any atom is 0.219 e.